The zero-order valence-corrected chi connectivity index (χ0v) is 19.1. The molecule has 0 saturated carbocycles. The molecule has 1 unspecified atom stereocenters. The van der Waals surface area contributed by atoms with Crippen molar-refractivity contribution in [3.8, 4) is 11.5 Å². The first kappa shape index (κ1) is 23.6. The van der Waals surface area contributed by atoms with Crippen LogP contribution in [0.4, 0.5) is 5.69 Å². The summed E-state index contributed by atoms with van der Waals surface area (Å²) in [5.74, 6) is 0.247. The molecule has 9 heteroatoms. The monoisotopic (exact) mass is 474 g/mol. The van der Waals surface area contributed by atoms with E-state index in [4.69, 9.17) is 21.1 Å². The number of anilines is 1. The van der Waals surface area contributed by atoms with Crippen molar-refractivity contribution >= 4 is 33.2 Å². The third-order valence-electron chi connectivity index (χ3n) is 4.67. The van der Waals surface area contributed by atoms with Crippen LogP contribution >= 0.6 is 11.6 Å². The Hall–Kier alpha value is -3.07. The maximum atomic E-state index is 13.2. The first-order valence-electron chi connectivity index (χ1n) is 9.67. The molecule has 1 amide bonds. The van der Waals surface area contributed by atoms with E-state index >= 15 is 0 Å². The number of ether oxygens (including phenoxy) is 2. The number of methoxy groups -OCH3 is 2. The van der Waals surface area contributed by atoms with Crippen molar-refractivity contribution in [2.45, 2.75) is 17.4 Å². The molecule has 0 saturated heterocycles. The molecule has 3 rings (SSSR count). The second-order valence-corrected chi connectivity index (χ2v) is 9.00. The summed E-state index contributed by atoms with van der Waals surface area (Å²) in [6.07, 6.45) is 0.144. The molecular weight excluding hydrogens is 452 g/mol. The lowest BCUT2D eigenvalue weighted by Gasteiger charge is -2.20. The predicted octanol–water partition coefficient (Wildman–Crippen LogP) is 3.89. The molecule has 0 heterocycles. The minimum Gasteiger partial charge on any atom is -0.497 e. The van der Waals surface area contributed by atoms with Gasteiger partial charge < -0.3 is 14.8 Å². The van der Waals surface area contributed by atoms with E-state index in [9.17, 15) is 13.2 Å². The quantitative estimate of drug-likeness (QED) is 0.490. The zero-order valence-electron chi connectivity index (χ0n) is 17.5. The zero-order chi connectivity index (χ0) is 23.1. The Morgan fingerprint density at radius 2 is 1.66 bits per heavy atom. The Bertz CT molecular complexity index is 1170. The molecule has 3 aromatic rings. The molecule has 168 valence electrons. The first-order valence-corrected chi connectivity index (χ1v) is 11.5. The largest absolute Gasteiger partial charge is 0.497 e. The number of amides is 1. The highest BCUT2D eigenvalue weighted by Gasteiger charge is 2.28. The lowest BCUT2D eigenvalue weighted by Crippen LogP contribution is -2.45. The Kier molecular flexibility index (Phi) is 7.74. The first-order chi connectivity index (χ1) is 15.3. The molecule has 0 aliphatic rings. The molecule has 0 aromatic heterocycles. The molecule has 3 aromatic carbocycles. The minimum atomic E-state index is -4.13. The minimum absolute atomic E-state index is 0.121. The number of carbonyl (C=O) groups excluding carboxylic acids is 1. The van der Waals surface area contributed by atoms with Crippen LogP contribution in [0.1, 0.15) is 5.56 Å². The standard InChI is InChI=1S/C23H23ClN2O5S/c1-30-19-11-9-18(10-12-19)25-23(27)20(14-16-6-4-3-5-7-16)26-32(28,29)22-15-17(24)8-13-21(22)31-2/h3-13,15,20,26H,14H2,1-2H3,(H,25,27). The third kappa shape index (κ3) is 6.00. The number of rotatable bonds is 9. The summed E-state index contributed by atoms with van der Waals surface area (Å²) < 4.78 is 39.1. The molecule has 1 atom stereocenters. The predicted molar refractivity (Wildman–Crippen MR) is 124 cm³/mol. The van der Waals surface area contributed by atoms with Crippen LogP contribution in [0, 0.1) is 0 Å². The van der Waals surface area contributed by atoms with Crippen LogP contribution in [0.25, 0.3) is 0 Å². The van der Waals surface area contributed by atoms with Crippen molar-refractivity contribution in [1.82, 2.24) is 4.72 Å². The third-order valence-corrected chi connectivity index (χ3v) is 6.40. The van der Waals surface area contributed by atoms with Gasteiger partial charge in [-0.2, -0.15) is 4.72 Å². The maximum Gasteiger partial charge on any atom is 0.245 e. The van der Waals surface area contributed by atoms with Gasteiger partial charge in [-0.15, -0.1) is 0 Å². The van der Waals surface area contributed by atoms with Crippen LogP contribution < -0.4 is 19.5 Å². The normalized spacial score (nSPS) is 12.1. The topological polar surface area (TPSA) is 93.7 Å². The fourth-order valence-corrected chi connectivity index (χ4v) is 4.68. The molecule has 0 radical (unpaired) electrons. The van der Waals surface area contributed by atoms with Gasteiger partial charge >= 0.3 is 0 Å². The van der Waals surface area contributed by atoms with Crippen LogP contribution in [-0.4, -0.2) is 34.6 Å². The molecule has 2 N–H and O–H groups in total. The van der Waals surface area contributed by atoms with Gasteiger partial charge in [0.2, 0.25) is 15.9 Å². The van der Waals surface area contributed by atoms with Crippen molar-refractivity contribution in [3.05, 3.63) is 83.4 Å². The van der Waals surface area contributed by atoms with Crippen molar-refractivity contribution in [3.63, 3.8) is 0 Å². The molecule has 0 bridgehead atoms. The number of sulfonamides is 1. The second-order valence-electron chi connectivity index (χ2n) is 6.88. The summed E-state index contributed by atoms with van der Waals surface area (Å²) in [6.45, 7) is 0. The molecule has 0 fully saturated rings. The van der Waals surface area contributed by atoms with E-state index in [2.05, 4.69) is 10.0 Å². The van der Waals surface area contributed by atoms with Crippen molar-refractivity contribution in [2.75, 3.05) is 19.5 Å². The van der Waals surface area contributed by atoms with E-state index in [1.807, 2.05) is 30.3 Å². The molecule has 0 spiro atoms. The lowest BCUT2D eigenvalue weighted by molar-refractivity contribution is -0.117. The van der Waals surface area contributed by atoms with Gasteiger partial charge in [0.25, 0.3) is 0 Å². The van der Waals surface area contributed by atoms with E-state index in [0.29, 0.717) is 11.4 Å². The van der Waals surface area contributed by atoms with E-state index in [0.717, 1.165) is 5.56 Å². The van der Waals surface area contributed by atoms with E-state index in [-0.39, 0.29) is 22.1 Å². The number of carbonyl (C=O) groups is 1. The van der Waals surface area contributed by atoms with Gasteiger partial charge in [0.15, 0.2) is 0 Å². The Balaban J connectivity index is 1.89. The van der Waals surface area contributed by atoms with Gasteiger partial charge in [-0.1, -0.05) is 41.9 Å². The number of hydrogen-bond donors (Lipinski definition) is 2. The second kappa shape index (κ2) is 10.5. The summed E-state index contributed by atoms with van der Waals surface area (Å²) in [4.78, 5) is 12.9. The number of benzene rings is 3. The highest BCUT2D eigenvalue weighted by molar-refractivity contribution is 7.89. The van der Waals surface area contributed by atoms with Gasteiger partial charge in [0.05, 0.1) is 14.2 Å². The maximum absolute atomic E-state index is 13.2. The van der Waals surface area contributed by atoms with E-state index in [1.165, 1.54) is 25.3 Å². The highest BCUT2D eigenvalue weighted by Crippen LogP contribution is 2.27. The van der Waals surface area contributed by atoms with E-state index in [1.54, 1.807) is 31.4 Å². The molecule has 7 nitrogen and oxygen atoms in total. The van der Waals surface area contributed by atoms with Crippen molar-refractivity contribution in [2.24, 2.45) is 0 Å². The van der Waals surface area contributed by atoms with E-state index < -0.39 is 22.0 Å². The van der Waals surface area contributed by atoms with Crippen LogP contribution in [0.3, 0.4) is 0 Å². The summed E-state index contributed by atoms with van der Waals surface area (Å²) in [6, 6.07) is 19.0. The average molecular weight is 475 g/mol. The number of nitrogens with one attached hydrogen (secondary N) is 2. The molecular formula is C23H23ClN2O5S. The smallest absolute Gasteiger partial charge is 0.245 e. The summed E-state index contributed by atoms with van der Waals surface area (Å²) in [5, 5.41) is 2.98. The molecule has 0 aliphatic carbocycles. The number of halogens is 1. The Labute approximate surface area is 192 Å². The Morgan fingerprint density at radius 3 is 2.28 bits per heavy atom. The van der Waals surface area contributed by atoms with Gasteiger partial charge in [0, 0.05) is 10.7 Å². The van der Waals surface area contributed by atoms with Gasteiger partial charge in [-0.3, -0.25) is 4.79 Å². The van der Waals surface area contributed by atoms with Gasteiger partial charge in [0.1, 0.15) is 22.4 Å². The molecule has 0 aliphatic heterocycles. The lowest BCUT2D eigenvalue weighted by atomic mass is 10.1. The Morgan fingerprint density at radius 1 is 0.969 bits per heavy atom. The van der Waals surface area contributed by atoms with Crippen molar-refractivity contribution in [1.29, 1.82) is 0 Å². The van der Waals surface area contributed by atoms with Gasteiger partial charge in [-0.25, -0.2) is 8.42 Å². The van der Waals surface area contributed by atoms with Crippen LogP contribution in [0.2, 0.25) is 5.02 Å². The highest BCUT2D eigenvalue weighted by atomic mass is 35.5. The molecule has 32 heavy (non-hydrogen) atoms. The van der Waals surface area contributed by atoms with Crippen LogP contribution in [0.5, 0.6) is 11.5 Å². The van der Waals surface area contributed by atoms with Crippen molar-refractivity contribution < 1.29 is 22.7 Å². The average Bonchev–Trinajstić information content (AvgIpc) is 2.79. The van der Waals surface area contributed by atoms with Crippen LogP contribution in [0.15, 0.2) is 77.7 Å². The summed E-state index contributed by atoms with van der Waals surface area (Å²) in [7, 11) is -1.23. The fourth-order valence-electron chi connectivity index (χ4n) is 3.05. The fraction of sp³-hybridized carbons (Fsp3) is 0.174. The SMILES string of the molecule is COc1ccc(NC(=O)C(Cc2ccccc2)NS(=O)(=O)c2cc(Cl)ccc2OC)cc1. The summed E-state index contributed by atoms with van der Waals surface area (Å²) >= 11 is 6.00. The van der Waals surface area contributed by atoms with Gasteiger partial charge in [-0.05, 0) is 54.4 Å². The van der Waals surface area contributed by atoms with Crippen LogP contribution in [-0.2, 0) is 21.2 Å². The number of hydrogen-bond acceptors (Lipinski definition) is 5. The summed E-state index contributed by atoms with van der Waals surface area (Å²) in [5.41, 5.74) is 1.30.